The van der Waals surface area contributed by atoms with Crippen LogP contribution in [0.1, 0.15) is 35.4 Å². The highest BCUT2D eigenvalue weighted by Gasteiger charge is 2.27. The molecule has 1 N–H and O–H groups in total. The molecule has 1 aromatic rings. The van der Waals surface area contributed by atoms with Gasteiger partial charge in [0.05, 0.1) is 0 Å². The number of nitrogens with one attached hydrogen (secondary N) is 1. The molecule has 4 nitrogen and oxygen atoms in total. The van der Waals surface area contributed by atoms with Gasteiger partial charge in [0, 0.05) is 18.9 Å². The lowest BCUT2D eigenvalue weighted by Gasteiger charge is -2.11. The summed E-state index contributed by atoms with van der Waals surface area (Å²) in [4.78, 5) is 27.4. The third-order valence-electron chi connectivity index (χ3n) is 3.63. The van der Waals surface area contributed by atoms with E-state index in [2.05, 4.69) is 5.32 Å². The number of hydrogen-bond acceptors (Lipinski definition) is 3. The molecule has 0 spiro atoms. The summed E-state index contributed by atoms with van der Waals surface area (Å²) >= 11 is 0. The third-order valence-corrected chi connectivity index (χ3v) is 3.63. The van der Waals surface area contributed by atoms with Crippen LogP contribution in [0.3, 0.4) is 0 Å². The van der Waals surface area contributed by atoms with E-state index in [1.165, 1.54) is 5.56 Å². The minimum absolute atomic E-state index is 0.0263. The molecule has 3 rings (SSSR count). The van der Waals surface area contributed by atoms with E-state index in [4.69, 9.17) is 9.59 Å². The van der Waals surface area contributed by atoms with Gasteiger partial charge in [-0.25, -0.2) is 4.39 Å². The lowest BCUT2D eigenvalue weighted by atomic mass is 9.94. The van der Waals surface area contributed by atoms with E-state index in [0.717, 1.165) is 30.4 Å². The zero-order valence-electron chi connectivity index (χ0n) is 10.4. The summed E-state index contributed by atoms with van der Waals surface area (Å²) < 4.78 is 13.9. The van der Waals surface area contributed by atoms with Crippen molar-refractivity contribution in [3.63, 3.8) is 0 Å². The maximum atomic E-state index is 13.9. The quantitative estimate of drug-likeness (QED) is 0.831. The fourth-order valence-electron chi connectivity index (χ4n) is 2.75. The first-order valence-corrected chi connectivity index (χ1v) is 6.23. The summed E-state index contributed by atoms with van der Waals surface area (Å²) in [6.07, 6.45) is 3.85. The molecular weight excluding hydrogens is 249 g/mol. The standard InChI is InChI=1S/C13H14FNO.CO2/c14-12-5-9-3-1-2-8(9)4-11(12)10-6-13(16)15-7-10;2-1-3/h4-5,10H,1-3,6-7H2,(H,15,16);/t10-;/m0./s1. The van der Waals surface area contributed by atoms with Gasteiger partial charge in [-0.05, 0) is 42.0 Å². The second kappa shape index (κ2) is 5.76. The van der Waals surface area contributed by atoms with Crippen molar-refractivity contribution in [2.45, 2.75) is 31.6 Å². The minimum atomic E-state index is -0.137. The molecule has 5 heteroatoms. The fourth-order valence-corrected chi connectivity index (χ4v) is 2.75. The summed E-state index contributed by atoms with van der Waals surface area (Å²) in [7, 11) is 0. The van der Waals surface area contributed by atoms with Gasteiger partial charge in [-0.15, -0.1) is 0 Å². The van der Waals surface area contributed by atoms with Crippen molar-refractivity contribution in [1.82, 2.24) is 5.32 Å². The van der Waals surface area contributed by atoms with E-state index in [1.54, 1.807) is 6.07 Å². The Hall–Kier alpha value is -2.00. The lowest BCUT2D eigenvalue weighted by molar-refractivity contribution is -0.191. The molecule has 0 saturated carbocycles. The third kappa shape index (κ3) is 2.88. The smallest absolute Gasteiger partial charge is 0.355 e. The average Bonchev–Trinajstić information content (AvgIpc) is 2.97. The number of halogens is 1. The van der Waals surface area contributed by atoms with Crippen LogP contribution < -0.4 is 5.32 Å². The molecule has 1 atom stereocenters. The number of benzene rings is 1. The van der Waals surface area contributed by atoms with Crippen LogP contribution in [0.25, 0.3) is 0 Å². The van der Waals surface area contributed by atoms with Crippen LogP contribution in [-0.4, -0.2) is 18.6 Å². The van der Waals surface area contributed by atoms with Gasteiger partial charge >= 0.3 is 6.15 Å². The first-order chi connectivity index (χ1) is 9.15. The second-order valence-corrected chi connectivity index (χ2v) is 4.78. The van der Waals surface area contributed by atoms with Crippen LogP contribution in [-0.2, 0) is 27.2 Å². The molecular formula is C14H14FNO3. The Kier molecular flexibility index (Phi) is 4.07. The maximum absolute atomic E-state index is 13.9. The van der Waals surface area contributed by atoms with Crippen molar-refractivity contribution in [1.29, 1.82) is 0 Å². The molecule has 1 saturated heterocycles. The van der Waals surface area contributed by atoms with Gasteiger partial charge in [0.2, 0.25) is 5.91 Å². The van der Waals surface area contributed by atoms with Gasteiger partial charge in [-0.3, -0.25) is 4.79 Å². The van der Waals surface area contributed by atoms with Crippen LogP contribution in [0, 0.1) is 5.82 Å². The summed E-state index contributed by atoms with van der Waals surface area (Å²) in [5, 5.41) is 2.76. The normalized spacial score (nSPS) is 20.1. The van der Waals surface area contributed by atoms with Crippen molar-refractivity contribution < 1.29 is 18.8 Å². The average molecular weight is 263 g/mol. The van der Waals surface area contributed by atoms with E-state index in [-0.39, 0.29) is 23.8 Å². The molecule has 1 aromatic carbocycles. The number of rotatable bonds is 1. The molecule has 19 heavy (non-hydrogen) atoms. The van der Waals surface area contributed by atoms with E-state index in [9.17, 15) is 9.18 Å². The molecule has 1 aliphatic heterocycles. The van der Waals surface area contributed by atoms with Crippen LogP contribution in [0.4, 0.5) is 4.39 Å². The highest BCUT2D eigenvalue weighted by Crippen LogP contribution is 2.31. The van der Waals surface area contributed by atoms with Crippen LogP contribution >= 0.6 is 0 Å². The van der Waals surface area contributed by atoms with Crippen LogP contribution in [0.2, 0.25) is 0 Å². The second-order valence-electron chi connectivity index (χ2n) is 4.78. The molecule has 1 aliphatic carbocycles. The predicted molar refractivity (Wildman–Crippen MR) is 63.8 cm³/mol. The van der Waals surface area contributed by atoms with E-state index >= 15 is 0 Å². The topological polar surface area (TPSA) is 63.2 Å². The zero-order valence-corrected chi connectivity index (χ0v) is 10.4. The Bertz CT molecular complexity index is 536. The highest BCUT2D eigenvalue weighted by molar-refractivity contribution is 5.79. The molecule has 0 unspecified atom stereocenters. The number of aryl methyl sites for hydroxylation is 2. The van der Waals surface area contributed by atoms with E-state index in [0.29, 0.717) is 13.0 Å². The van der Waals surface area contributed by atoms with Crippen LogP contribution in [0.5, 0.6) is 0 Å². The van der Waals surface area contributed by atoms with Gasteiger partial charge < -0.3 is 5.32 Å². The predicted octanol–water partition coefficient (Wildman–Crippen LogP) is 1.33. The summed E-state index contributed by atoms with van der Waals surface area (Å²) in [6.45, 7) is 0.578. The Balaban J connectivity index is 0.000000408. The number of carbonyl (C=O) groups is 1. The first-order valence-electron chi connectivity index (χ1n) is 6.23. The van der Waals surface area contributed by atoms with Gasteiger partial charge in [0.15, 0.2) is 0 Å². The molecule has 0 bridgehead atoms. The molecule has 0 aromatic heterocycles. The number of amides is 1. The minimum Gasteiger partial charge on any atom is -0.355 e. The van der Waals surface area contributed by atoms with Crippen molar-refractivity contribution in [3.05, 3.63) is 34.6 Å². The molecule has 1 heterocycles. The van der Waals surface area contributed by atoms with Crippen molar-refractivity contribution in [3.8, 4) is 0 Å². The van der Waals surface area contributed by atoms with E-state index in [1.807, 2.05) is 6.07 Å². The fraction of sp³-hybridized carbons (Fsp3) is 0.429. The van der Waals surface area contributed by atoms with Gasteiger partial charge in [-0.1, -0.05) is 6.07 Å². The lowest BCUT2D eigenvalue weighted by Crippen LogP contribution is -2.13. The van der Waals surface area contributed by atoms with Crippen molar-refractivity contribution in [2.75, 3.05) is 6.54 Å². The summed E-state index contributed by atoms with van der Waals surface area (Å²) in [5.41, 5.74) is 3.15. The number of fused-ring (bicyclic) bond motifs is 1. The summed E-state index contributed by atoms with van der Waals surface area (Å²) in [5.74, 6) is -0.0783. The summed E-state index contributed by atoms with van der Waals surface area (Å²) in [6, 6.07) is 3.64. The maximum Gasteiger partial charge on any atom is 0.373 e. The zero-order chi connectivity index (χ0) is 13.8. The van der Waals surface area contributed by atoms with Gasteiger partial charge in [-0.2, -0.15) is 9.59 Å². The monoisotopic (exact) mass is 263 g/mol. The molecule has 1 fully saturated rings. The largest absolute Gasteiger partial charge is 0.373 e. The van der Waals surface area contributed by atoms with Gasteiger partial charge in [0.25, 0.3) is 0 Å². The highest BCUT2D eigenvalue weighted by atomic mass is 19.1. The molecule has 2 aliphatic rings. The molecule has 1 amide bonds. The van der Waals surface area contributed by atoms with E-state index < -0.39 is 0 Å². The van der Waals surface area contributed by atoms with Gasteiger partial charge in [0.1, 0.15) is 5.82 Å². The Morgan fingerprint density at radius 2 is 1.84 bits per heavy atom. The number of carbonyl (C=O) groups excluding carboxylic acids is 3. The Morgan fingerprint density at radius 1 is 1.21 bits per heavy atom. The molecule has 0 radical (unpaired) electrons. The van der Waals surface area contributed by atoms with Crippen LogP contribution in [0.15, 0.2) is 12.1 Å². The van der Waals surface area contributed by atoms with Crippen molar-refractivity contribution >= 4 is 12.1 Å². The Labute approximate surface area is 110 Å². The number of hydrogen-bond donors (Lipinski definition) is 1. The molecule has 100 valence electrons. The Morgan fingerprint density at radius 3 is 2.42 bits per heavy atom. The van der Waals surface area contributed by atoms with Crippen molar-refractivity contribution in [2.24, 2.45) is 0 Å². The first kappa shape index (κ1) is 13.4. The SMILES string of the molecule is O=C1C[C@H](c2cc3c(cc2F)CCC3)CN1.O=C=O.